The maximum absolute atomic E-state index is 13.2. The van der Waals surface area contributed by atoms with Crippen molar-refractivity contribution in [3.05, 3.63) is 34.1 Å². The molecule has 1 rings (SSSR count). The molecule has 0 bridgehead atoms. The molecule has 0 fully saturated rings. The maximum Gasteiger partial charge on any atom is 0.137 e. The van der Waals surface area contributed by atoms with E-state index in [1.54, 1.807) is 12.1 Å². The summed E-state index contributed by atoms with van der Waals surface area (Å²) in [6.45, 7) is 5.80. The van der Waals surface area contributed by atoms with Crippen molar-refractivity contribution in [1.82, 2.24) is 10.6 Å². The van der Waals surface area contributed by atoms with Crippen molar-refractivity contribution in [3.63, 3.8) is 0 Å². The second kappa shape index (κ2) is 7.76. The summed E-state index contributed by atoms with van der Waals surface area (Å²) in [7, 11) is 0. The molecule has 0 unspecified atom stereocenters. The first-order valence-electron chi connectivity index (χ1n) is 5.59. The third-order valence-electron chi connectivity index (χ3n) is 2.27. The summed E-state index contributed by atoms with van der Waals surface area (Å²) >= 11 is 3.14. The molecular weight excluding hydrogens is 271 g/mol. The van der Waals surface area contributed by atoms with Crippen LogP contribution in [0.3, 0.4) is 0 Å². The largest absolute Gasteiger partial charge is 0.317 e. The smallest absolute Gasteiger partial charge is 0.137 e. The minimum Gasteiger partial charge on any atom is -0.317 e. The van der Waals surface area contributed by atoms with Crippen LogP contribution in [-0.2, 0) is 6.54 Å². The van der Waals surface area contributed by atoms with E-state index in [0.29, 0.717) is 4.47 Å². The molecule has 0 radical (unpaired) electrons. The molecule has 0 saturated heterocycles. The SMILES string of the molecule is CCNCCCNCc1ccc(Br)c(F)c1. The van der Waals surface area contributed by atoms with Crippen molar-refractivity contribution in [1.29, 1.82) is 0 Å². The molecule has 0 saturated carbocycles. The molecule has 0 amide bonds. The molecule has 0 spiro atoms. The monoisotopic (exact) mass is 288 g/mol. The van der Waals surface area contributed by atoms with Crippen molar-refractivity contribution in [2.45, 2.75) is 19.9 Å². The number of hydrogen-bond acceptors (Lipinski definition) is 2. The van der Waals surface area contributed by atoms with E-state index in [2.05, 4.69) is 33.5 Å². The highest BCUT2D eigenvalue weighted by Gasteiger charge is 1.99. The Bertz CT molecular complexity index is 318. The molecule has 0 heterocycles. The predicted molar refractivity (Wildman–Crippen MR) is 69.0 cm³/mol. The van der Waals surface area contributed by atoms with E-state index in [1.165, 1.54) is 0 Å². The van der Waals surface area contributed by atoms with E-state index in [0.717, 1.165) is 38.2 Å². The lowest BCUT2D eigenvalue weighted by atomic mass is 10.2. The molecule has 1 aromatic carbocycles. The van der Waals surface area contributed by atoms with Gasteiger partial charge in [0.15, 0.2) is 0 Å². The number of benzene rings is 1. The van der Waals surface area contributed by atoms with Crippen LogP contribution in [0.25, 0.3) is 0 Å². The number of nitrogens with one attached hydrogen (secondary N) is 2. The molecule has 2 nitrogen and oxygen atoms in total. The van der Waals surface area contributed by atoms with Gasteiger partial charge in [0, 0.05) is 6.54 Å². The van der Waals surface area contributed by atoms with Gasteiger partial charge < -0.3 is 10.6 Å². The van der Waals surface area contributed by atoms with Gasteiger partial charge in [-0.15, -0.1) is 0 Å². The third-order valence-corrected chi connectivity index (χ3v) is 2.91. The highest BCUT2D eigenvalue weighted by atomic mass is 79.9. The zero-order valence-electron chi connectivity index (χ0n) is 9.52. The Hall–Kier alpha value is -0.450. The van der Waals surface area contributed by atoms with E-state index < -0.39 is 0 Å². The normalized spacial score (nSPS) is 10.7. The van der Waals surface area contributed by atoms with E-state index >= 15 is 0 Å². The van der Waals surface area contributed by atoms with Crippen molar-refractivity contribution < 1.29 is 4.39 Å². The zero-order chi connectivity index (χ0) is 11.8. The van der Waals surface area contributed by atoms with Crippen LogP contribution in [0.15, 0.2) is 22.7 Å². The van der Waals surface area contributed by atoms with Crippen LogP contribution in [-0.4, -0.2) is 19.6 Å². The second-order valence-electron chi connectivity index (χ2n) is 3.63. The van der Waals surface area contributed by atoms with Gasteiger partial charge in [-0.05, 0) is 59.7 Å². The third kappa shape index (κ3) is 5.05. The first kappa shape index (κ1) is 13.6. The minimum atomic E-state index is -0.202. The van der Waals surface area contributed by atoms with E-state index in [9.17, 15) is 4.39 Å². The fraction of sp³-hybridized carbons (Fsp3) is 0.500. The summed E-state index contributed by atoms with van der Waals surface area (Å²) in [6.07, 6.45) is 1.09. The summed E-state index contributed by atoms with van der Waals surface area (Å²) in [5.41, 5.74) is 0.976. The van der Waals surface area contributed by atoms with Gasteiger partial charge in [-0.25, -0.2) is 4.39 Å². The Morgan fingerprint density at radius 3 is 2.69 bits per heavy atom. The number of rotatable bonds is 7. The van der Waals surface area contributed by atoms with Crippen LogP contribution in [0.4, 0.5) is 4.39 Å². The average Bonchev–Trinajstić information content (AvgIpc) is 2.28. The van der Waals surface area contributed by atoms with Gasteiger partial charge in [0.1, 0.15) is 5.82 Å². The number of hydrogen-bond donors (Lipinski definition) is 2. The summed E-state index contributed by atoms with van der Waals surface area (Å²) in [5, 5.41) is 6.54. The Balaban J connectivity index is 2.19. The van der Waals surface area contributed by atoms with Gasteiger partial charge in [-0.1, -0.05) is 13.0 Å². The minimum absolute atomic E-state index is 0.202. The van der Waals surface area contributed by atoms with Crippen LogP contribution in [0.2, 0.25) is 0 Å². The van der Waals surface area contributed by atoms with E-state index in [4.69, 9.17) is 0 Å². The molecule has 2 N–H and O–H groups in total. The van der Waals surface area contributed by atoms with Gasteiger partial charge in [-0.2, -0.15) is 0 Å². The quantitative estimate of drug-likeness (QED) is 0.754. The molecule has 90 valence electrons. The zero-order valence-corrected chi connectivity index (χ0v) is 11.1. The lowest BCUT2D eigenvalue weighted by Gasteiger charge is -2.06. The second-order valence-corrected chi connectivity index (χ2v) is 4.49. The Morgan fingerprint density at radius 1 is 1.25 bits per heavy atom. The molecule has 0 aliphatic rings. The molecule has 0 aliphatic carbocycles. The Labute approximate surface area is 105 Å². The highest BCUT2D eigenvalue weighted by molar-refractivity contribution is 9.10. The fourth-order valence-electron chi connectivity index (χ4n) is 1.40. The standard InChI is InChI=1S/C12H18BrFN2/c1-2-15-6-3-7-16-9-10-4-5-11(13)12(14)8-10/h4-5,8,15-16H,2-3,6-7,9H2,1H3. The molecule has 0 aliphatic heterocycles. The lowest BCUT2D eigenvalue weighted by molar-refractivity contribution is 0.596. The van der Waals surface area contributed by atoms with E-state index in [1.807, 2.05) is 6.07 Å². The van der Waals surface area contributed by atoms with Crippen molar-refractivity contribution >= 4 is 15.9 Å². The Kier molecular flexibility index (Phi) is 6.61. The molecule has 0 aromatic heterocycles. The molecule has 1 aromatic rings. The van der Waals surface area contributed by atoms with Gasteiger partial charge in [0.2, 0.25) is 0 Å². The van der Waals surface area contributed by atoms with Crippen molar-refractivity contribution in [3.8, 4) is 0 Å². The summed E-state index contributed by atoms with van der Waals surface area (Å²) in [4.78, 5) is 0. The Morgan fingerprint density at radius 2 is 2.00 bits per heavy atom. The van der Waals surface area contributed by atoms with Crippen LogP contribution in [0, 0.1) is 5.82 Å². The van der Waals surface area contributed by atoms with Crippen molar-refractivity contribution in [2.24, 2.45) is 0 Å². The molecular formula is C12H18BrFN2. The fourth-order valence-corrected chi connectivity index (χ4v) is 1.64. The van der Waals surface area contributed by atoms with Crippen molar-refractivity contribution in [2.75, 3.05) is 19.6 Å². The molecule has 16 heavy (non-hydrogen) atoms. The average molecular weight is 289 g/mol. The summed E-state index contributed by atoms with van der Waals surface area (Å²) < 4.78 is 13.7. The molecule has 4 heteroatoms. The van der Waals surface area contributed by atoms with Gasteiger partial charge in [0.25, 0.3) is 0 Å². The summed E-state index contributed by atoms with van der Waals surface area (Å²) in [6, 6.07) is 5.22. The van der Waals surface area contributed by atoms with Crippen LogP contribution in [0.5, 0.6) is 0 Å². The van der Waals surface area contributed by atoms with Gasteiger partial charge in [-0.3, -0.25) is 0 Å². The maximum atomic E-state index is 13.2. The lowest BCUT2D eigenvalue weighted by Crippen LogP contribution is -2.21. The van der Waals surface area contributed by atoms with Crippen LogP contribution < -0.4 is 10.6 Å². The molecule has 0 atom stereocenters. The van der Waals surface area contributed by atoms with Crippen LogP contribution in [0.1, 0.15) is 18.9 Å². The summed E-state index contributed by atoms with van der Waals surface area (Å²) in [5.74, 6) is -0.202. The van der Waals surface area contributed by atoms with Gasteiger partial charge >= 0.3 is 0 Å². The van der Waals surface area contributed by atoms with E-state index in [-0.39, 0.29) is 5.82 Å². The first-order valence-corrected chi connectivity index (χ1v) is 6.38. The highest BCUT2D eigenvalue weighted by Crippen LogP contribution is 2.16. The first-order chi connectivity index (χ1) is 7.74. The number of halogens is 2. The van der Waals surface area contributed by atoms with Crippen LogP contribution >= 0.6 is 15.9 Å². The van der Waals surface area contributed by atoms with Gasteiger partial charge in [0.05, 0.1) is 4.47 Å². The topological polar surface area (TPSA) is 24.1 Å². The predicted octanol–water partition coefficient (Wildman–Crippen LogP) is 2.68.